The number of unbranched alkanes of at least 4 members (excludes halogenated alkanes) is 4. The van der Waals surface area contributed by atoms with Crippen molar-refractivity contribution in [1.82, 2.24) is 0 Å². The summed E-state index contributed by atoms with van der Waals surface area (Å²) in [6.45, 7) is 8.80. The second-order valence-electron chi connectivity index (χ2n) is 14.9. The molecule has 0 radical (unpaired) electrons. The first-order valence-electron chi connectivity index (χ1n) is 19.4. The van der Waals surface area contributed by atoms with Crippen molar-refractivity contribution in [3.05, 3.63) is 36.5 Å². The Morgan fingerprint density at radius 3 is 2.44 bits per heavy atom. The second-order valence-corrected chi connectivity index (χ2v) is 14.9. The smallest absolute Gasteiger partial charge is 0.330 e. The molecule has 0 aromatic carbocycles. The monoisotopic (exact) mass is 782 g/mol. The summed E-state index contributed by atoms with van der Waals surface area (Å²) in [7, 11) is 1.19. The van der Waals surface area contributed by atoms with Crippen LogP contribution in [0.1, 0.15) is 104 Å². The molecule has 2 saturated heterocycles. The van der Waals surface area contributed by atoms with Crippen molar-refractivity contribution in [1.29, 1.82) is 0 Å². The Hall–Kier alpha value is -3.18. The van der Waals surface area contributed by atoms with Crippen LogP contribution >= 0.6 is 0 Å². The molecule has 8 atom stereocenters. The summed E-state index contributed by atoms with van der Waals surface area (Å²) in [6, 6.07) is 0. The lowest BCUT2D eigenvalue weighted by atomic mass is 9.74. The summed E-state index contributed by atoms with van der Waals surface area (Å²) in [5.41, 5.74) is -1.22. The number of fused-ring (bicyclic) bond motifs is 4. The molecule has 15 nitrogen and oxygen atoms in total. The molecule has 0 aromatic rings. The standard InChI is InChI=1S/C40H62O15/c1-6-8-9-10-11-12-33(43)54-38-27(21-34(44)48-5)20-31-24-32(26-41)51-36(46)22-28(42)14-18-49-19-15-29-23-30(25-35(45)50-17-7-2)53-37(52-29)13-16-39(3,4)40(38,47)55-31/h7,13,16,21,28-32,37-38,41-42,47H,2,6,8-12,14-15,17-20,22-26H2,1,3-5H3/b16-13+,27-21+/t28-,29?,30-,31+,32?,37?,38+,40-/m1/s1. The Morgan fingerprint density at radius 2 is 1.73 bits per heavy atom. The Bertz CT molecular complexity index is 1310. The molecule has 3 N–H and O–H groups in total. The first-order valence-corrected chi connectivity index (χ1v) is 19.4. The van der Waals surface area contributed by atoms with E-state index in [1.165, 1.54) is 13.2 Å². The van der Waals surface area contributed by atoms with Gasteiger partial charge in [-0.05, 0) is 37.3 Å². The summed E-state index contributed by atoms with van der Waals surface area (Å²) in [5, 5.41) is 33.4. The highest BCUT2D eigenvalue weighted by molar-refractivity contribution is 5.83. The lowest BCUT2D eigenvalue weighted by molar-refractivity contribution is -0.327. The average molecular weight is 783 g/mol. The maximum atomic E-state index is 13.3. The average Bonchev–Trinajstić information content (AvgIpc) is 3.13. The molecule has 3 rings (SSSR count). The molecule has 3 aliphatic rings. The lowest BCUT2D eigenvalue weighted by Crippen LogP contribution is -2.62. The minimum atomic E-state index is -2.35. The van der Waals surface area contributed by atoms with E-state index in [0.717, 1.165) is 31.8 Å². The predicted octanol–water partition coefficient (Wildman–Crippen LogP) is 3.89. The summed E-state index contributed by atoms with van der Waals surface area (Å²) in [6.07, 6.45) is 3.96. The second kappa shape index (κ2) is 23.1. The van der Waals surface area contributed by atoms with Crippen molar-refractivity contribution < 1.29 is 72.4 Å². The van der Waals surface area contributed by atoms with Gasteiger partial charge in [-0.1, -0.05) is 65.2 Å². The van der Waals surface area contributed by atoms with E-state index in [-0.39, 0.29) is 63.9 Å². The predicted molar refractivity (Wildman–Crippen MR) is 197 cm³/mol. The van der Waals surface area contributed by atoms with Crippen LogP contribution in [0.25, 0.3) is 0 Å². The molecule has 3 heterocycles. The number of aliphatic hydroxyl groups excluding tert-OH is 2. The van der Waals surface area contributed by atoms with E-state index in [1.807, 2.05) is 0 Å². The van der Waals surface area contributed by atoms with Crippen LogP contribution in [0, 0.1) is 5.41 Å². The van der Waals surface area contributed by atoms with Crippen molar-refractivity contribution in [2.45, 2.75) is 153 Å². The zero-order valence-corrected chi connectivity index (χ0v) is 32.8. The molecular weight excluding hydrogens is 720 g/mol. The Kier molecular flexibility index (Phi) is 19.4. The van der Waals surface area contributed by atoms with Gasteiger partial charge in [0.25, 0.3) is 0 Å². The molecule has 3 aliphatic heterocycles. The fourth-order valence-corrected chi connectivity index (χ4v) is 6.74. The van der Waals surface area contributed by atoms with Gasteiger partial charge in [-0.25, -0.2) is 4.79 Å². The summed E-state index contributed by atoms with van der Waals surface area (Å²) in [5.74, 6) is -4.94. The molecule has 2 fully saturated rings. The highest BCUT2D eigenvalue weighted by Gasteiger charge is 2.57. The quantitative estimate of drug-likeness (QED) is 0.0798. The summed E-state index contributed by atoms with van der Waals surface area (Å²) < 4.78 is 46.1. The number of esters is 4. The molecule has 3 unspecified atom stereocenters. The van der Waals surface area contributed by atoms with Crippen molar-refractivity contribution in [2.75, 3.05) is 33.5 Å². The number of hydrogen-bond donors (Lipinski definition) is 3. The van der Waals surface area contributed by atoms with E-state index in [9.17, 15) is 34.5 Å². The van der Waals surface area contributed by atoms with E-state index < -0.39 is 84.6 Å². The third-order valence-corrected chi connectivity index (χ3v) is 9.88. The number of aliphatic hydroxyl groups is 3. The fourth-order valence-electron chi connectivity index (χ4n) is 6.74. The van der Waals surface area contributed by atoms with Crippen molar-refractivity contribution in [2.24, 2.45) is 5.41 Å². The highest BCUT2D eigenvalue weighted by Crippen LogP contribution is 2.47. The van der Waals surface area contributed by atoms with Crippen molar-refractivity contribution in [3.8, 4) is 0 Å². The summed E-state index contributed by atoms with van der Waals surface area (Å²) >= 11 is 0. The zero-order chi connectivity index (χ0) is 40.4. The normalized spacial score (nSPS) is 32.0. The Labute approximate surface area is 324 Å². The highest BCUT2D eigenvalue weighted by atomic mass is 16.7. The third-order valence-electron chi connectivity index (χ3n) is 9.88. The largest absolute Gasteiger partial charge is 0.466 e. The van der Waals surface area contributed by atoms with E-state index in [0.29, 0.717) is 19.3 Å². The molecule has 0 spiro atoms. The summed E-state index contributed by atoms with van der Waals surface area (Å²) in [4.78, 5) is 51.4. The van der Waals surface area contributed by atoms with E-state index in [1.54, 1.807) is 26.0 Å². The van der Waals surface area contributed by atoms with Gasteiger partial charge in [0.1, 0.15) is 12.7 Å². The molecule has 312 valence electrons. The number of methoxy groups -OCH3 is 1. The minimum Gasteiger partial charge on any atom is -0.466 e. The number of cyclic esters (lactones) is 1. The number of hydrogen-bond acceptors (Lipinski definition) is 15. The van der Waals surface area contributed by atoms with E-state index >= 15 is 0 Å². The molecule has 0 saturated carbocycles. The van der Waals surface area contributed by atoms with Gasteiger partial charge >= 0.3 is 23.9 Å². The van der Waals surface area contributed by atoms with Crippen LogP contribution in [0.2, 0.25) is 0 Å². The van der Waals surface area contributed by atoms with E-state index in [4.69, 9.17) is 37.9 Å². The van der Waals surface area contributed by atoms with Gasteiger partial charge in [0, 0.05) is 44.0 Å². The van der Waals surface area contributed by atoms with E-state index in [2.05, 4.69) is 13.5 Å². The van der Waals surface area contributed by atoms with Gasteiger partial charge in [-0.15, -0.1) is 0 Å². The van der Waals surface area contributed by atoms with Gasteiger partial charge in [0.2, 0.25) is 5.79 Å². The molecule has 55 heavy (non-hydrogen) atoms. The molecular formula is C40H62O15. The number of rotatable bonds is 13. The minimum absolute atomic E-state index is 0.0516. The molecule has 0 aromatic heterocycles. The number of carbonyl (C=O) groups is 4. The molecule has 0 aliphatic carbocycles. The van der Waals surface area contributed by atoms with Crippen LogP contribution in [0.15, 0.2) is 36.5 Å². The third kappa shape index (κ3) is 15.0. The Balaban J connectivity index is 2.04. The first kappa shape index (κ1) is 46.2. The van der Waals surface area contributed by atoms with Gasteiger partial charge in [-0.3, -0.25) is 14.4 Å². The van der Waals surface area contributed by atoms with Crippen LogP contribution in [0.3, 0.4) is 0 Å². The lowest BCUT2D eigenvalue weighted by Gasteiger charge is -2.51. The maximum absolute atomic E-state index is 13.3. The molecule has 0 amide bonds. The molecule has 15 heteroatoms. The fraction of sp³-hybridized carbons (Fsp3) is 0.750. The zero-order valence-electron chi connectivity index (χ0n) is 32.8. The Morgan fingerprint density at radius 1 is 1.00 bits per heavy atom. The topological polar surface area (TPSA) is 203 Å². The van der Waals surface area contributed by atoms with Gasteiger partial charge in [0.15, 0.2) is 12.4 Å². The number of ether oxygens (including phenoxy) is 8. The SMILES string of the molecule is C=CCOC(=O)C[C@H]1CC2CCOCC[C@@H](O)CC(=O)OC(CO)C[C@@H]3C/C(=C\C(=O)OC)[C@H](OC(=O)CCCCCCC)[C@@](O)(O3)C(C)(C)/C=C/C(O2)O1. The van der Waals surface area contributed by atoms with Crippen LogP contribution in [0.5, 0.6) is 0 Å². The van der Waals surface area contributed by atoms with Gasteiger partial charge in [-0.2, -0.15) is 0 Å². The van der Waals surface area contributed by atoms with Crippen molar-refractivity contribution in [3.63, 3.8) is 0 Å². The molecule has 4 bridgehead atoms. The maximum Gasteiger partial charge on any atom is 0.330 e. The van der Waals surface area contributed by atoms with Crippen LogP contribution < -0.4 is 0 Å². The van der Waals surface area contributed by atoms with Crippen molar-refractivity contribution >= 4 is 23.9 Å². The van der Waals surface area contributed by atoms with Gasteiger partial charge < -0.3 is 53.2 Å². The first-order chi connectivity index (χ1) is 26.2. The van der Waals surface area contributed by atoms with Crippen LogP contribution in [-0.2, 0) is 57.1 Å². The van der Waals surface area contributed by atoms with Crippen LogP contribution in [-0.4, -0.2) is 121 Å². The van der Waals surface area contributed by atoms with Crippen LogP contribution in [0.4, 0.5) is 0 Å². The van der Waals surface area contributed by atoms with Gasteiger partial charge in [0.05, 0.1) is 51.0 Å². The number of carbonyl (C=O) groups excluding carboxylic acids is 4.